The first-order valence-electron chi connectivity index (χ1n) is 14.1. The van der Waals surface area contributed by atoms with Gasteiger partial charge in [-0.15, -0.1) is 0 Å². The number of alkyl halides is 3. The number of carbonyl (C=O) groups is 1. The Kier molecular flexibility index (Phi) is 9.82. The van der Waals surface area contributed by atoms with Gasteiger partial charge in [0.25, 0.3) is 0 Å². The summed E-state index contributed by atoms with van der Waals surface area (Å²) >= 11 is 5.99. The Morgan fingerprint density at radius 3 is 2.23 bits per heavy atom. The van der Waals surface area contributed by atoms with Gasteiger partial charge >= 0.3 is 12.2 Å². The maximum absolute atomic E-state index is 13.5. The highest BCUT2D eigenvalue weighted by Crippen LogP contribution is 2.32. The molecule has 3 heterocycles. The van der Waals surface area contributed by atoms with Crippen LogP contribution in [0.2, 0.25) is 5.02 Å². The Morgan fingerprint density at radius 1 is 0.975 bits per heavy atom. The highest BCUT2D eigenvalue weighted by atomic mass is 35.5. The Hall–Kier alpha value is -2.59. The maximum Gasteiger partial charge on any atom is 0.433 e. The van der Waals surface area contributed by atoms with Crippen molar-refractivity contribution in [3.05, 3.63) is 52.4 Å². The van der Waals surface area contributed by atoms with Gasteiger partial charge in [0.2, 0.25) is 0 Å². The largest absolute Gasteiger partial charge is 0.433 e. The third-order valence-electron chi connectivity index (χ3n) is 7.67. The molecule has 0 bridgehead atoms. The molecule has 7 nitrogen and oxygen atoms in total. The molecule has 0 unspecified atom stereocenters. The first kappa shape index (κ1) is 30.4. The molecule has 11 heteroatoms. The van der Waals surface area contributed by atoms with E-state index in [2.05, 4.69) is 32.3 Å². The molecule has 2 amide bonds. The number of hydrogen-bond acceptors (Lipinski definition) is 5. The smallest absolute Gasteiger partial charge is 0.354 e. The van der Waals surface area contributed by atoms with Gasteiger partial charge in [-0.1, -0.05) is 44.5 Å². The zero-order chi connectivity index (χ0) is 28.9. The van der Waals surface area contributed by atoms with Crippen LogP contribution in [0.4, 0.5) is 23.8 Å². The van der Waals surface area contributed by atoms with Crippen molar-refractivity contribution in [3.63, 3.8) is 0 Å². The minimum Gasteiger partial charge on any atom is -0.354 e. The summed E-state index contributed by atoms with van der Waals surface area (Å²) in [6, 6.07) is 9.05. The van der Waals surface area contributed by atoms with Gasteiger partial charge in [0, 0.05) is 62.3 Å². The number of piperidine rings is 1. The van der Waals surface area contributed by atoms with Gasteiger partial charge in [0.1, 0.15) is 17.3 Å². The summed E-state index contributed by atoms with van der Waals surface area (Å²) in [5.74, 6) is 1.00. The van der Waals surface area contributed by atoms with Crippen LogP contribution in [0.3, 0.4) is 0 Å². The summed E-state index contributed by atoms with van der Waals surface area (Å²) in [6.45, 7) is 11.2. The molecule has 2 aliphatic rings. The molecule has 0 atom stereocenters. The van der Waals surface area contributed by atoms with E-state index in [9.17, 15) is 18.0 Å². The van der Waals surface area contributed by atoms with Gasteiger partial charge in [-0.3, -0.25) is 4.90 Å². The van der Waals surface area contributed by atoms with Crippen LogP contribution in [0.1, 0.15) is 69.5 Å². The molecule has 40 heavy (non-hydrogen) atoms. The monoisotopic (exact) mass is 580 g/mol. The van der Waals surface area contributed by atoms with Gasteiger partial charge < -0.3 is 15.1 Å². The standard InChI is InChI=1S/C29H40ClF3N6O/c1-28(2,3)26-35-24(29(31,32)33)20-25(36-26)38-18-16-37(17-19-38)13-5-4-12-34-27(40)39-14-10-22(11-15-39)21-6-8-23(30)9-7-21/h6-9,20,22H,4-5,10-19H2,1-3H3,(H,34,40). The quantitative estimate of drug-likeness (QED) is 0.411. The van der Waals surface area contributed by atoms with E-state index in [0.29, 0.717) is 31.4 Å². The van der Waals surface area contributed by atoms with Crippen molar-refractivity contribution in [2.75, 3.05) is 57.3 Å². The van der Waals surface area contributed by atoms with Crippen LogP contribution in [0.5, 0.6) is 0 Å². The number of aromatic nitrogens is 2. The molecule has 2 saturated heterocycles. The molecule has 0 radical (unpaired) electrons. The van der Waals surface area contributed by atoms with Crippen molar-refractivity contribution in [2.24, 2.45) is 0 Å². The van der Waals surface area contributed by atoms with Crippen molar-refractivity contribution < 1.29 is 18.0 Å². The van der Waals surface area contributed by atoms with Crippen LogP contribution in [0.25, 0.3) is 0 Å². The minimum absolute atomic E-state index is 0.000809. The number of likely N-dealkylation sites (tertiary alicyclic amines) is 1. The predicted molar refractivity (Wildman–Crippen MR) is 152 cm³/mol. The van der Waals surface area contributed by atoms with Crippen LogP contribution < -0.4 is 10.2 Å². The van der Waals surface area contributed by atoms with Crippen LogP contribution >= 0.6 is 11.6 Å². The lowest BCUT2D eigenvalue weighted by Crippen LogP contribution is -2.47. The normalized spacial score (nSPS) is 17.8. The third kappa shape index (κ3) is 8.22. The van der Waals surface area contributed by atoms with E-state index in [1.165, 1.54) is 5.56 Å². The van der Waals surface area contributed by atoms with Crippen molar-refractivity contribution in [1.82, 2.24) is 25.1 Å². The van der Waals surface area contributed by atoms with Gasteiger partial charge in [0.15, 0.2) is 0 Å². The maximum atomic E-state index is 13.5. The lowest BCUT2D eigenvalue weighted by Gasteiger charge is -2.36. The van der Waals surface area contributed by atoms with Gasteiger partial charge in [-0.05, 0) is 55.8 Å². The highest BCUT2D eigenvalue weighted by molar-refractivity contribution is 6.30. The fraction of sp³-hybridized carbons (Fsp3) is 0.621. The number of anilines is 1. The number of urea groups is 1. The number of amides is 2. The number of nitrogens with zero attached hydrogens (tertiary/aromatic N) is 5. The molecule has 1 aromatic heterocycles. The number of piperazine rings is 1. The lowest BCUT2D eigenvalue weighted by atomic mass is 9.89. The van der Waals surface area contributed by atoms with E-state index in [4.69, 9.17) is 11.6 Å². The van der Waals surface area contributed by atoms with E-state index in [0.717, 1.165) is 69.5 Å². The van der Waals surface area contributed by atoms with E-state index in [1.807, 2.05) is 42.7 Å². The second-order valence-electron chi connectivity index (χ2n) is 11.8. The highest BCUT2D eigenvalue weighted by Gasteiger charge is 2.36. The summed E-state index contributed by atoms with van der Waals surface area (Å²) in [5, 5.41) is 3.79. The molecule has 1 N–H and O–H groups in total. The topological polar surface area (TPSA) is 64.6 Å². The number of unbranched alkanes of at least 4 members (excludes halogenated alkanes) is 1. The number of carbonyl (C=O) groups excluding carboxylic acids is 1. The van der Waals surface area contributed by atoms with Crippen molar-refractivity contribution in [2.45, 2.75) is 64.0 Å². The van der Waals surface area contributed by atoms with E-state index in [-0.39, 0.29) is 11.9 Å². The SMILES string of the molecule is CC(C)(C)c1nc(N2CCN(CCCCNC(=O)N3CCC(c4ccc(Cl)cc4)CC3)CC2)cc(C(F)(F)F)n1. The summed E-state index contributed by atoms with van der Waals surface area (Å²) in [4.78, 5) is 27.0. The van der Waals surface area contributed by atoms with Crippen LogP contribution in [-0.2, 0) is 11.6 Å². The van der Waals surface area contributed by atoms with Gasteiger partial charge in [0.05, 0.1) is 0 Å². The summed E-state index contributed by atoms with van der Waals surface area (Å²) < 4.78 is 40.4. The second-order valence-corrected chi connectivity index (χ2v) is 12.2. The van der Waals surface area contributed by atoms with E-state index < -0.39 is 17.3 Å². The Balaban J connectivity index is 1.15. The molecule has 4 rings (SSSR count). The van der Waals surface area contributed by atoms with Crippen molar-refractivity contribution in [1.29, 1.82) is 0 Å². The van der Waals surface area contributed by atoms with Gasteiger partial charge in [-0.25, -0.2) is 14.8 Å². The van der Waals surface area contributed by atoms with E-state index >= 15 is 0 Å². The molecule has 0 saturated carbocycles. The number of halogens is 4. The predicted octanol–water partition coefficient (Wildman–Crippen LogP) is 5.94. The zero-order valence-corrected chi connectivity index (χ0v) is 24.4. The summed E-state index contributed by atoms with van der Waals surface area (Å²) in [5.41, 5.74) is -0.193. The second kappa shape index (κ2) is 12.9. The Bertz CT molecular complexity index is 1090. The number of hydrogen-bond donors (Lipinski definition) is 1. The van der Waals surface area contributed by atoms with Gasteiger partial charge in [-0.2, -0.15) is 13.2 Å². The first-order valence-corrected chi connectivity index (χ1v) is 14.5. The molecule has 0 spiro atoms. The molecule has 2 fully saturated rings. The first-order chi connectivity index (χ1) is 18.9. The van der Waals surface area contributed by atoms with Crippen LogP contribution in [-0.4, -0.2) is 78.2 Å². The minimum atomic E-state index is -4.51. The molecular weight excluding hydrogens is 541 g/mol. The molecule has 220 valence electrons. The number of rotatable bonds is 7. The average molecular weight is 581 g/mol. The molecule has 0 aliphatic carbocycles. The average Bonchev–Trinajstić information content (AvgIpc) is 2.92. The fourth-order valence-electron chi connectivity index (χ4n) is 5.20. The van der Waals surface area contributed by atoms with Crippen LogP contribution in [0, 0.1) is 0 Å². The van der Waals surface area contributed by atoms with Crippen molar-refractivity contribution in [3.8, 4) is 0 Å². The van der Waals surface area contributed by atoms with E-state index in [1.54, 1.807) is 0 Å². The molecular formula is C29H40ClF3N6O. The van der Waals surface area contributed by atoms with Crippen LogP contribution in [0.15, 0.2) is 30.3 Å². The summed E-state index contributed by atoms with van der Waals surface area (Å²) in [6.07, 6.45) is -0.791. The lowest BCUT2D eigenvalue weighted by molar-refractivity contribution is -0.141. The molecule has 2 aromatic rings. The third-order valence-corrected chi connectivity index (χ3v) is 7.92. The number of benzene rings is 1. The fourth-order valence-corrected chi connectivity index (χ4v) is 5.32. The Morgan fingerprint density at radius 2 is 1.62 bits per heavy atom. The molecule has 1 aromatic carbocycles. The zero-order valence-electron chi connectivity index (χ0n) is 23.6. The number of nitrogens with one attached hydrogen (secondary N) is 1. The summed E-state index contributed by atoms with van der Waals surface area (Å²) in [7, 11) is 0. The van der Waals surface area contributed by atoms with Crippen molar-refractivity contribution >= 4 is 23.4 Å². The molecule has 2 aliphatic heterocycles. The Labute approximate surface area is 240 Å².